The minimum atomic E-state index is -0.0721. The summed E-state index contributed by atoms with van der Waals surface area (Å²) in [6.07, 6.45) is 2.35. The van der Waals surface area contributed by atoms with E-state index in [2.05, 4.69) is 5.32 Å². The topological polar surface area (TPSA) is 75.4 Å². The number of nitrogens with two attached hydrogens (primary N) is 1. The van der Waals surface area contributed by atoms with Gasteiger partial charge in [0.2, 0.25) is 11.8 Å². The first-order valence-corrected chi connectivity index (χ1v) is 6.58. The fraction of sp³-hybridized carbons (Fsp3) is 0.846. The number of carbonyl (C=O) groups excluding carboxylic acids is 2. The van der Waals surface area contributed by atoms with Crippen molar-refractivity contribution in [3.63, 3.8) is 0 Å². The zero-order chi connectivity index (χ0) is 13.8. The van der Waals surface area contributed by atoms with Crippen LogP contribution in [0.1, 0.15) is 40.0 Å². The van der Waals surface area contributed by atoms with Crippen LogP contribution in [0.5, 0.6) is 0 Å². The summed E-state index contributed by atoms with van der Waals surface area (Å²) in [5.74, 6) is -0.107. The summed E-state index contributed by atoms with van der Waals surface area (Å²) in [4.78, 5) is 25.2. The molecule has 0 aromatic rings. The molecule has 0 aliphatic carbocycles. The quantitative estimate of drug-likeness (QED) is 0.811. The Labute approximate surface area is 121 Å². The molecule has 1 heterocycles. The van der Waals surface area contributed by atoms with Gasteiger partial charge in [-0.3, -0.25) is 9.59 Å². The molecule has 1 fully saturated rings. The van der Waals surface area contributed by atoms with Gasteiger partial charge in [-0.15, -0.1) is 12.4 Å². The molecule has 0 aromatic carbocycles. The summed E-state index contributed by atoms with van der Waals surface area (Å²) >= 11 is 0. The second kappa shape index (κ2) is 7.70. The number of hydrogen-bond donors (Lipinski definition) is 2. The van der Waals surface area contributed by atoms with E-state index in [1.807, 2.05) is 20.8 Å². The number of likely N-dealkylation sites (tertiary alicyclic amines) is 1. The van der Waals surface area contributed by atoms with Crippen molar-refractivity contribution in [2.45, 2.75) is 46.1 Å². The lowest BCUT2D eigenvalue weighted by molar-refractivity contribution is -0.134. The van der Waals surface area contributed by atoms with Crippen LogP contribution in [-0.2, 0) is 9.59 Å². The average Bonchev–Trinajstić information content (AvgIpc) is 2.23. The average molecular weight is 292 g/mol. The van der Waals surface area contributed by atoms with E-state index >= 15 is 0 Å². The van der Waals surface area contributed by atoms with E-state index in [0.717, 1.165) is 19.4 Å². The summed E-state index contributed by atoms with van der Waals surface area (Å²) < 4.78 is 0. The number of rotatable bonds is 3. The maximum atomic E-state index is 11.9. The smallest absolute Gasteiger partial charge is 0.242 e. The molecule has 0 spiro atoms. The third-order valence-corrected chi connectivity index (χ3v) is 2.94. The van der Waals surface area contributed by atoms with Crippen molar-refractivity contribution in [3.8, 4) is 0 Å². The van der Waals surface area contributed by atoms with Gasteiger partial charge in [-0.05, 0) is 18.3 Å². The van der Waals surface area contributed by atoms with E-state index in [4.69, 9.17) is 5.73 Å². The first kappa shape index (κ1) is 18.2. The summed E-state index contributed by atoms with van der Waals surface area (Å²) in [6, 6.07) is 0.0768. The van der Waals surface area contributed by atoms with Crippen molar-refractivity contribution in [2.75, 3.05) is 19.6 Å². The van der Waals surface area contributed by atoms with E-state index in [9.17, 15) is 9.59 Å². The lowest BCUT2D eigenvalue weighted by Gasteiger charge is -2.31. The maximum Gasteiger partial charge on any atom is 0.242 e. The Bertz CT molecular complexity index is 316. The van der Waals surface area contributed by atoms with Gasteiger partial charge in [0.15, 0.2) is 0 Å². The monoisotopic (exact) mass is 291 g/mol. The van der Waals surface area contributed by atoms with Crippen molar-refractivity contribution in [1.29, 1.82) is 0 Å². The van der Waals surface area contributed by atoms with Crippen molar-refractivity contribution in [2.24, 2.45) is 11.1 Å². The predicted octanol–water partition coefficient (Wildman–Crippen LogP) is 0.910. The molecule has 2 amide bonds. The van der Waals surface area contributed by atoms with Crippen LogP contribution in [0.3, 0.4) is 0 Å². The number of hydrogen-bond acceptors (Lipinski definition) is 3. The largest absolute Gasteiger partial charge is 0.347 e. The molecule has 19 heavy (non-hydrogen) atoms. The van der Waals surface area contributed by atoms with Crippen LogP contribution in [0.15, 0.2) is 0 Å². The molecule has 1 rings (SSSR count). The predicted molar refractivity (Wildman–Crippen MR) is 78.1 cm³/mol. The number of piperidine rings is 1. The van der Waals surface area contributed by atoms with E-state index in [1.54, 1.807) is 4.90 Å². The molecule has 1 unspecified atom stereocenters. The molecule has 0 bridgehead atoms. The number of nitrogens with one attached hydrogen (secondary N) is 1. The van der Waals surface area contributed by atoms with Gasteiger partial charge in [0, 0.05) is 25.6 Å². The second-order valence-electron chi connectivity index (χ2n) is 6.26. The normalized spacial score (nSPS) is 19.6. The first-order valence-electron chi connectivity index (χ1n) is 6.58. The summed E-state index contributed by atoms with van der Waals surface area (Å²) in [7, 11) is 0. The Balaban J connectivity index is 0.00000324. The molecule has 5 nitrogen and oxygen atoms in total. The molecule has 6 heteroatoms. The summed E-state index contributed by atoms with van der Waals surface area (Å²) in [5.41, 5.74) is 5.77. The van der Waals surface area contributed by atoms with Gasteiger partial charge in [-0.2, -0.15) is 0 Å². The number of nitrogens with zero attached hydrogens (tertiary/aromatic N) is 1. The van der Waals surface area contributed by atoms with E-state index in [-0.39, 0.29) is 42.2 Å². The van der Waals surface area contributed by atoms with Gasteiger partial charge >= 0.3 is 0 Å². The molecule has 0 aromatic heterocycles. The SMILES string of the molecule is CC(C)(C)CC(=O)NCC(=O)N1CCCC(N)C1.Cl. The molecule has 1 aliphatic rings. The molecule has 112 valence electrons. The van der Waals surface area contributed by atoms with Crippen molar-refractivity contribution in [1.82, 2.24) is 10.2 Å². The highest BCUT2D eigenvalue weighted by molar-refractivity contribution is 5.85. The van der Waals surface area contributed by atoms with Gasteiger partial charge in [0.05, 0.1) is 6.54 Å². The number of halogens is 1. The molecule has 0 saturated carbocycles. The standard InChI is InChI=1S/C13H25N3O2.ClH/c1-13(2,3)7-11(17)15-8-12(18)16-6-4-5-10(14)9-16;/h10H,4-9,14H2,1-3H3,(H,15,17);1H. The van der Waals surface area contributed by atoms with Crippen molar-refractivity contribution in [3.05, 3.63) is 0 Å². The zero-order valence-corrected chi connectivity index (χ0v) is 12.9. The van der Waals surface area contributed by atoms with Gasteiger partial charge in [-0.1, -0.05) is 20.8 Å². The van der Waals surface area contributed by atoms with Gasteiger partial charge in [0.25, 0.3) is 0 Å². The lowest BCUT2D eigenvalue weighted by Crippen LogP contribution is -2.49. The molecular weight excluding hydrogens is 266 g/mol. The van der Waals surface area contributed by atoms with Crippen LogP contribution in [0.2, 0.25) is 0 Å². The van der Waals surface area contributed by atoms with E-state index < -0.39 is 0 Å². The van der Waals surface area contributed by atoms with Crippen LogP contribution in [0.25, 0.3) is 0 Å². The molecule has 0 radical (unpaired) electrons. The third-order valence-electron chi connectivity index (χ3n) is 2.94. The van der Waals surface area contributed by atoms with Gasteiger partial charge < -0.3 is 16.0 Å². The highest BCUT2D eigenvalue weighted by atomic mass is 35.5. The van der Waals surface area contributed by atoms with Gasteiger partial charge in [-0.25, -0.2) is 0 Å². The van der Waals surface area contributed by atoms with Crippen LogP contribution < -0.4 is 11.1 Å². The zero-order valence-electron chi connectivity index (χ0n) is 12.1. The second-order valence-corrected chi connectivity index (χ2v) is 6.26. The van der Waals surface area contributed by atoms with Crippen LogP contribution in [-0.4, -0.2) is 42.4 Å². The first-order chi connectivity index (χ1) is 8.28. The maximum absolute atomic E-state index is 11.9. The van der Waals surface area contributed by atoms with Crippen LogP contribution in [0.4, 0.5) is 0 Å². The van der Waals surface area contributed by atoms with Crippen LogP contribution in [0, 0.1) is 5.41 Å². The Morgan fingerprint density at radius 2 is 2.00 bits per heavy atom. The molecular formula is C13H26ClN3O2. The Morgan fingerprint density at radius 1 is 1.37 bits per heavy atom. The van der Waals surface area contributed by atoms with Crippen molar-refractivity contribution < 1.29 is 9.59 Å². The Morgan fingerprint density at radius 3 is 2.53 bits per heavy atom. The van der Waals surface area contributed by atoms with E-state index in [0.29, 0.717) is 13.0 Å². The fourth-order valence-electron chi connectivity index (χ4n) is 2.07. The minimum absolute atomic E-state index is 0. The number of carbonyl (C=O) groups is 2. The fourth-order valence-corrected chi connectivity index (χ4v) is 2.07. The summed E-state index contributed by atoms with van der Waals surface area (Å²) in [5, 5.41) is 2.68. The molecule has 1 atom stereocenters. The minimum Gasteiger partial charge on any atom is -0.347 e. The highest BCUT2D eigenvalue weighted by Gasteiger charge is 2.22. The van der Waals surface area contributed by atoms with E-state index in [1.165, 1.54) is 0 Å². The Hall–Kier alpha value is -0.810. The van der Waals surface area contributed by atoms with Gasteiger partial charge in [0.1, 0.15) is 0 Å². The lowest BCUT2D eigenvalue weighted by atomic mass is 9.92. The molecule has 1 aliphatic heterocycles. The summed E-state index contributed by atoms with van der Waals surface area (Å²) in [6.45, 7) is 7.44. The molecule has 3 N–H and O–H groups in total. The Kier molecular flexibility index (Phi) is 7.37. The highest BCUT2D eigenvalue weighted by Crippen LogP contribution is 2.17. The van der Waals surface area contributed by atoms with Crippen LogP contribution >= 0.6 is 12.4 Å². The van der Waals surface area contributed by atoms with Crippen molar-refractivity contribution >= 4 is 24.2 Å². The molecule has 1 saturated heterocycles. The number of amides is 2. The third kappa shape index (κ3) is 7.38.